The fraction of sp³-hybridized carbons (Fsp3) is 0.897. The maximum Gasteiger partial charge on any atom is 0.305 e. The summed E-state index contributed by atoms with van der Waals surface area (Å²) in [5.74, 6) is -0.172. The standard InChI is InChI=1S/C78H147NO10/c1-3-5-7-9-11-13-44-48-52-56-60-64-71(81)70(69-88-78-77(86)76(85)75(84)72(68-80)89-78)79-73(82)65-61-57-53-49-46-42-40-38-36-34-32-30-28-26-24-22-20-18-16-15-17-19-21-23-25-27-29-31-33-35-37-39-41-43-47-51-55-59-63-67-87-74(83)66-62-58-54-50-45-14-12-10-8-6-4-2/h7,9,44,48,60,64,70-72,75-78,80-81,84-86H,3-6,8,10-43,45-47,49-59,61-63,65-69H2,1-2H3,(H,79,82)/b9-7+,48-44+,64-60+. The van der Waals surface area contributed by atoms with Crippen molar-refractivity contribution in [3.05, 3.63) is 36.5 Å². The van der Waals surface area contributed by atoms with Gasteiger partial charge in [0.05, 0.1) is 32.0 Å². The Labute approximate surface area is 549 Å². The van der Waals surface area contributed by atoms with Crippen LogP contribution in [0.5, 0.6) is 0 Å². The Balaban J connectivity index is 1.87. The van der Waals surface area contributed by atoms with Crippen LogP contribution in [0.3, 0.4) is 0 Å². The summed E-state index contributed by atoms with van der Waals surface area (Å²) in [5.41, 5.74) is 0. The first-order valence-electron chi connectivity index (χ1n) is 38.8. The molecule has 6 N–H and O–H groups in total. The van der Waals surface area contributed by atoms with Gasteiger partial charge in [-0.15, -0.1) is 0 Å². The smallest absolute Gasteiger partial charge is 0.305 e. The number of rotatable bonds is 69. The molecule has 1 aliphatic heterocycles. The molecule has 0 aromatic carbocycles. The van der Waals surface area contributed by atoms with Gasteiger partial charge in [-0.05, 0) is 51.4 Å². The summed E-state index contributed by atoms with van der Waals surface area (Å²) in [6.45, 7) is 4.29. The Morgan fingerprint density at radius 3 is 1.09 bits per heavy atom. The van der Waals surface area contributed by atoms with Gasteiger partial charge in [0, 0.05) is 12.8 Å². The van der Waals surface area contributed by atoms with E-state index in [0.717, 1.165) is 70.6 Å². The van der Waals surface area contributed by atoms with Crippen LogP contribution >= 0.6 is 0 Å². The van der Waals surface area contributed by atoms with Gasteiger partial charge >= 0.3 is 5.97 Å². The molecule has 0 spiro atoms. The molecule has 0 aliphatic carbocycles. The third kappa shape index (κ3) is 56.0. The number of ether oxygens (including phenoxy) is 3. The first-order valence-corrected chi connectivity index (χ1v) is 38.8. The summed E-state index contributed by atoms with van der Waals surface area (Å²) < 4.78 is 16.7. The van der Waals surface area contributed by atoms with Crippen LogP contribution in [0.4, 0.5) is 0 Å². The molecule has 0 radical (unpaired) electrons. The van der Waals surface area contributed by atoms with Crippen LogP contribution in [0.15, 0.2) is 36.5 Å². The Morgan fingerprint density at radius 1 is 0.404 bits per heavy atom. The normalized spacial score (nSPS) is 17.9. The Hall–Kier alpha value is -2.12. The molecule has 1 amide bonds. The van der Waals surface area contributed by atoms with Gasteiger partial charge in [0.1, 0.15) is 24.4 Å². The molecule has 1 aliphatic rings. The molecule has 7 unspecified atom stereocenters. The van der Waals surface area contributed by atoms with Crippen LogP contribution in [0.2, 0.25) is 0 Å². The van der Waals surface area contributed by atoms with E-state index in [1.54, 1.807) is 6.08 Å². The molecular weight excluding hydrogens is 1110 g/mol. The van der Waals surface area contributed by atoms with Crippen molar-refractivity contribution in [1.29, 1.82) is 0 Å². The van der Waals surface area contributed by atoms with Crippen LogP contribution in [-0.4, -0.2) is 100 Å². The first-order chi connectivity index (χ1) is 43.7. The van der Waals surface area contributed by atoms with Crippen LogP contribution in [-0.2, 0) is 23.8 Å². The molecule has 0 saturated carbocycles. The molecule has 11 nitrogen and oxygen atoms in total. The maximum absolute atomic E-state index is 13.0. The Bertz CT molecular complexity index is 1570. The average Bonchev–Trinajstić information content (AvgIpc) is 2.32. The van der Waals surface area contributed by atoms with Gasteiger partial charge < -0.3 is 45.1 Å². The maximum atomic E-state index is 13.0. The van der Waals surface area contributed by atoms with Crippen molar-refractivity contribution in [3.63, 3.8) is 0 Å². The van der Waals surface area contributed by atoms with Gasteiger partial charge in [0.15, 0.2) is 6.29 Å². The van der Waals surface area contributed by atoms with E-state index in [-0.39, 0.29) is 18.5 Å². The lowest BCUT2D eigenvalue weighted by atomic mass is 9.99. The van der Waals surface area contributed by atoms with Crippen LogP contribution in [0.1, 0.15) is 386 Å². The van der Waals surface area contributed by atoms with E-state index in [4.69, 9.17) is 14.2 Å². The number of unbranched alkanes of at least 4 members (excludes halogenated alkanes) is 51. The zero-order valence-electron chi connectivity index (χ0n) is 58.4. The van der Waals surface area contributed by atoms with Gasteiger partial charge in [-0.2, -0.15) is 0 Å². The van der Waals surface area contributed by atoms with Gasteiger partial charge in [0.2, 0.25) is 5.91 Å². The number of carbonyl (C=O) groups is 2. The lowest BCUT2D eigenvalue weighted by molar-refractivity contribution is -0.302. The van der Waals surface area contributed by atoms with Gasteiger partial charge in [-0.25, -0.2) is 0 Å². The number of nitrogens with one attached hydrogen (secondary N) is 1. The molecule has 0 aromatic heterocycles. The predicted molar refractivity (Wildman–Crippen MR) is 375 cm³/mol. The molecule has 89 heavy (non-hydrogen) atoms. The number of amides is 1. The van der Waals surface area contributed by atoms with Crippen LogP contribution < -0.4 is 5.32 Å². The van der Waals surface area contributed by atoms with Gasteiger partial charge in [-0.3, -0.25) is 9.59 Å². The minimum atomic E-state index is -1.58. The fourth-order valence-corrected chi connectivity index (χ4v) is 12.4. The van der Waals surface area contributed by atoms with E-state index >= 15 is 0 Å². The average molecular weight is 1260 g/mol. The van der Waals surface area contributed by atoms with E-state index in [9.17, 15) is 35.1 Å². The van der Waals surface area contributed by atoms with E-state index in [0.29, 0.717) is 19.4 Å². The summed E-state index contributed by atoms with van der Waals surface area (Å²) in [4.78, 5) is 25.1. The van der Waals surface area contributed by atoms with E-state index in [1.165, 1.54) is 289 Å². The summed E-state index contributed by atoms with van der Waals surface area (Å²) in [5, 5.41) is 54.4. The summed E-state index contributed by atoms with van der Waals surface area (Å²) in [6.07, 6.45) is 77.7. The summed E-state index contributed by atoms with van der Waals surface area (Å²) in [7, 11) is 0. The highest BCUT2D eigenvalue weighted by Crippen LogP contribution is 2.24. The van der Waals surface area contributed by atoms with Crippen molar-refractivity contribution < 1.29 is 49.3 Å². The highest BCUT2D eigenvalue weighted by molar-refractivity contribution is 5.76. The summed E-state index contributed by atoms with van der Waals surface area (Å²) >= 11 is 0. The number of hydrogen-bond acceptors (Lipinski definition) is 10. The monoisotopic (exact) mass is 1260 g/mol. The van der Waals surface area contributed by atoms with Crippen molar-refractivity contribution in [2.24, 2.45) is 0 Å². The molecular formula is C78H147NO10. The third-order valence-electron chi connectivity index (χ3n) is 18.5. The lowest BCUT2D eigenvalue weighted by Crippen LogP contribution is -2.60. The molecule has 1 fully saturated rings. The topological polar surface area (TPSA) is 175 Å². The van der Waals surface area contributed by atoms with Crippen LogP contribution in [0, 0.1) is 0 Å². The number of carbonyl (C=O) groups excluding carboxylic acids is 2. The van der Waals surface area contributed by atoms with E-state index < -0.39 is 49.5 Å². The summed E-state index contributed by atoms with van der Waals surface area (Å²) in [6, 6.07) is -0.829. The second-order valence-electron chi connectivity index (χ2n) is 27.1. The van der Waals surface area contributed by atoms with Crippen molar-refractivity contribution in [1.82, 2.24) is 5.32 Å². The minimum absolute atomic E-state index is 0.0182. The minimum Gasteiger partial charge on any atom is -0.466 e. The van der Waals surface area contributed by atoms with E-state index in [1.807, 2.05) is 6.08 Å². The lowest BCUT2D eigenvalue weighted by Gasteiger charge is -2.40. The number of hydrogen-bond donors (Lipinski definition) is 6. The molecule has 1 rings (SSSR count). The molecule has 11 heteroatoms. The van der Waals surface area contributed by atoms with Crippen LogP contribution in [0.25, 0.3) is 0 Å². The zero-order valence-corrected chi connectivity index (χ0v) is 58.4. The molecule has 1 heterocycles. The number of aliphatic hydroxyl groups is 5. The van der Waals surface area contributed by atoms with Crippen molar-refractivity contribution in [2.45, 2.75) is 429 Å². The predicted octanol–water partition coefficient (Wildman–Crippen LogP) is 20.5. The second-order valence-corrected chi connectivity index (χ2v) is 27.1. The van der Waals surface area contributed by atoms with Gasteiger partial charge in [-0.1, -0.05) is 359 Å². The molecule has 0 bridgehead atoms. The number of allylic oxidation sites excluding steroid dienone is 5. The zero-order chi connectivity index (χ0) is 64.4. The SMILES string of the molecule is CCC/C=C/CC/C=C/CC/C=C/C(O)C(COC1OC(CO)C(O)C(O)C1O)NC(=O)CCCCCCCCCCCCCCCCCCCCCCCCCCCCCCCCCCCCCCCCCOC(=O)CCCCCCCCCCCCC. The van der Waals surface area contributed by atoms with Gasteiger partial charge in [0.25, 0.3) is 0 Å². The highest BCUT2D eigenvalue weighted by Gasteiger charge is 2.44. The molecule has 524 valence electrons. The van der Waals surface area contributed by atoms with Crippen molar-refractivity contribution >= 4 is 11.9 Å². The quantitative estimate of drug-likeness (QED) is 0.0195. The second kappa shape index (κ2) is 67.3. The number of esters is 1. The molecule has 7 atom stereocenters. The van der Waals surface area contributed by atoms with E-state index in [2.05, 4.69) is 43.5 Å². The third-order valence-corrected chi connectivity index (χ3v) is 18.5. The Kier molecular flexibility index (Phi) is 64.2. The van der Waals surface area contributed by atoms with Crippen molar-refractivity contribution in [2.75, 3.05) is 19.8 Å². The van der Waals surface area contributed by atoms with Crippen molar-refractivity contribution in [3.8, 4) is 0 Å². The number of aliphatic hydroxyl groups excluding tert-OH is 5. The Morgan fingerprint density at radius 2 is 0.730 bits per heavy atom. The molecule has 0 aromatic rings. The largest absolute Gasteiger partial charge is 0.466 e. The fourth-order valence-electron chi connectivity index (χ4n) is 12.4. The first kappa shape index (κ1) is 84.9. The molecule has 1 saturated heterocycles. The highest BCUT2D eigenvalue weighted by atomic mass is 16.7.